The number of benzene rings is 2. The number of nitrogens with one attached hydrogen (secondary N) is 1. The number of amides is 2. The van der Waals surface area contributed by atoms with Gasteiger partial charge in [-0.25, -0.2) is 8.42 Å². The maximum absolute atomic E-state index is 13.0. The Morgan fingerprint density at radius 1 is 1.06 bits per heavy atom. The highest BCUT2D eigenvalue weighted by molar-refractivity contribution is 7.90. The Morgan fingerprint density at radius 3 is 2.30 bits per heavy atom. The minimum absolute atomic E-state index is 0.0999. The minimum Gasteiger partial charge on any atom is -0.497 e. The van der Waals surface area contributed by atoms with Crippen LogP contribution in [-0.2, 0) is 14.6 Å². The van der Waals surface area contributed by atoms with Gasteiger partial charge in [-0.3, -0.25) is 9.59 Å². The number of nitrogens with zero attached hydrogens (tertiary/aromatic N) is 1. The van der Waals surface area contributed by atoms with Crippen LogP contribution in [0, 0.1) is 5.92 Å². The lowest BCUT2D eigenvalue weighted by Crippen LogP contribution is -2.50. The van der Waals surface area contributed by atoms with Gasteiger partial charge in [0.05, 0.1) is 18.6 Å². The summed E-state index contributed by atoms with van der Waals surface area (Å²) in [6.07, 6.45) is 1.69. The van der Waals surface area contributed by atoms with E-state index in [4.69, 9.17) is 9.47 Å². The van der Waals surface area contributed by atoms with Crippen molar-refractivity contribution in [2.45, 2.75) is 31.2 Å². The molecule has 0 aliphatic carbocycles. The van der Waals surface area contributed by atoms with E-state index >= 15 is 0 Å². The van der Waals surface area contributed by atoms with Gasteiger partial charge in [-0.05, 0) is 54.8 Å². The molecule has 0 saturated heterocycles. The quantitative estimate of drug-likeness (QED) is 0.501. The van der Waals surface area contributed by atoms with Gasteiger partial charge in [0, 0.05) is 25.4 Å². The third-order valence-electron chi connectivity index (χ3n) is 5.09. The number of hydrogen-bond acceptors (Lipinski definition) is 6. The number of carbonyl (C=O) groups excluding carboxylic acids is 2. The molecule has 2 aromatic rings. The predicted octanol–water partition coefficient (Wildman–Crippen LogP) is 2.78. The summed E-state index contributed by atoms with van der Waals surface area (Å²) >= 11 is 0. The van der Waals surface area contributed by atoms with E-state index in [0.29, 0.717) is 36.6 Å². The van der Waals surface area contributed by atoms with Crippen molar-refractivity contribution in [2.24, 2.45) is 5.92 Å². The molecule has 33 heavy (non-hydrogen) atoms. The standard InChI is InChI=1S/C24H32N2O6S/c1-17(2)22(25-23(27)18-10-12-19(31-4)13-11-18)24(28)26(3)14-7-15-32-20-8-6-9-21(16-20)33(5,29)30/h6,8-13,16-17,22H,7,14-15H2,1-5H3,(H,25,27). The molecule has 0 fully saturated rings. The van der Waals surface area contributed by atoms with E-state index in [0.717, 1.165) is 6.26 Å². The van der Waals surface area contributed by atoms with Gasteiger partial charge in [-0.2, -0.15) is 0 Å². The highest BCUT2D eigenvalue weighted by atomic mass is 32.2. The SMILES string of the molecule is COc1ccc(C(=O)NC(C(=O)N(C)CCCOc2cccc(S(C)(=O)=O)c2)C(C)C)cc1. The van der Waals surface area contributed by atoms with Gasteiger partial charge in [-0.15, -0.1) is 0 Å². The zero-order valence-corrected chi connectivity index (χ0v) is 20.5. The fourth-order valence-electron chi connectivity index (χ4n) is 3.11. The maximum atomic E-state index is 13.0. The van der Waals surface area contributed by atoms with Crippen molar-refractivity contribution in [3.63, 3.8) is 0 Å². The first-order valence-corrected chi connectivity index (χ1v) is 12.5. The van der Waals surface area contributed by atoms with Gasteiger partial charge >= 0.3 is 0 Å². The first-order chi connectivity index (χ1) is 15.5. The Morgan fingerprint density at radius 2 is 1.73 bits per heavy atom. The molecule has 180 valence electrons. The Kier molecular flexibility index (Phi) is 9.28. The molecule has 9 heteroatoms. The lowest BCUT2D eigenvalue weighted by Gasteiger charge is -2.27. The molecule has 0 spiro atoms. The molecular formula is C24H32N2O6S. The molecule has 2 aromatic carbocycles. The number of rotatable bonds is 11. The van der Waals surface area contributed by atoms with Crippen LogP contribution in [0.5, 0.6) is 11.5 Å². The van der Waals surface area contributed by atoms with Crippen molar-refractivity contribution >= 4 is 21.7 Å². The monoisotopic (exact) mass is 476 g/mol. The predicted molar refractivity (Wildman–Crippen MR) is 126 cm³/mol. The summed E-state index contributed by atoms with van der Waals surface area (Å²) in [5, 5.41) is 2.83. The number of carbonyl (C=O) groups is 2. The molecule has 0 aromatic heterocycles. The fraction of sp³-hybridized carbons (Fsp3) is 0.417. The summed E-state index contributed by atoms with van der Waals surface area (Å²) in [6.45, 7) is 4.49. The van der Waals surface area contributed by atoms with Crippen LogP contribution in [0.1, 0.15) is 30.6 Å². The summed E-state index contributed by atoms with van der Waals surface area (Å²) in [4.78, 5) is 27.3. The largest absolute Gasteiger partial charge is 0.497 e. The lowest BCUT2D eigenvalue weighted by molar-refractivity contribution is -0.133. The molecular weight excluding hydrogens is 444 g/mol. The first-order valence-electron chi connectivity index (χ1n) is 10.7. The Labute approximate surface area is 195 Å². The molecule has 1 unspecified atom stereocenters. The summed E-state index contributed by atoms with van der Waals surface area (Å²) in [5.41, 5.74) is 0.446. The van der Waals surface area contributed by atoms with Crippen molar-refractivity contribution < 1.29 is 27.5 Å². The highest BCUT2D eigenvalue weighted by Gasteiger charge is 2.27. The third-order valence-corrected chi connectivity index (χ3v) is 6.20. The van der Waals surface area contributed by atoms with Crippen molar-refractivity contribution in [3.05, 3.63) is 54.1 Å². The van der Waals surface area contributed by atoms with Crippen LogP contribution in [0.2, 0.25) is 0 Å². The molecule has 8 nitrogen and oxygen atoms in total. The molecule has 2 amide bonds. The maximum Gasteiger partial charge on any atom is 0.251 e. The highest BCUT2D eigenvalue weighted by Crippen LogP contribution is 2.18. The number of methoxy groups -OCH3 is 1. The van der Waals surface area contributed by atoms with Gasteiger partial charge in [0.25, 0.3) is 5.91 Å². The Balaban J connectivity index is 1.89. The van der Waals surface area contributed by atoms with Crippen molar-refractivity contribution in [3.8, 4) is 11.5 Å². The van der Waals surface area contributed by atoms with Crippen LogP contribution in [0.4, 0.5) is 0 Å². The molecule has 2 rings (SSSR count). The third kappa shape index (κ3) is 7.78. The molecule has 0 saturated carbocycles. The van der Waals surface area contributed by atoms with Gasteiger partial charge < -0.3 is 19.7 Å². The molecule has 0 bridgehead atoms. The van der Waals surface area contributed by atoms with Gasteiger partial charge in [0.15, 0.2) is 9.84 Å². The van der Waals surface area contributed by atoms with E-state index in [1.807, 2.05) is 13.8 Å². The molecule has 1 atom stereocenters. The number of likely N-dealkylation sites (N-methyl/N-ethyl adjacent to an activating group) is 1. The molecule has 1 N–H and O–H groups in total. The number of sulfone groups is 1. The fourth-order valence-corrected chi connectivity index (χ4v) is 3.77. The van der Waals surface area contributed by atoms with Crippen molar-refractivity contribution in [1.29, 1.82) is 0 Å². The summed E-state index contributed by atoms with van der Waals surface area (Å²) in [6, 6.07) is 12.3. The van der Waals surface area contributed by atoms with E-state index in [-0.39, 0.29) is 22.6 Å². The second kappa shape index (κ2) is 11.7. The average molecular weight is 477 g/mol. The van der Waals surface area contributed by atoms with E-state index < -0.39 is 15.9 Å². The lowest BCUT2D eigenvalue weighted by atomic mass is 10.0. The van der Waals surface area contributed by atoms with E-state index in [1.165, 1.54) is 12.1 Å². The minimum atomic E-state index is -3.31. The van der Waals surface area contributed by atoms with E-state index in [2.05, 4.69) is 5.32 Å². The van der Waals surface area contributed by atoms with Crippen LogP contribution >= 0.6 is 0 Å². The normalized spacial score (nSPS) is 12.2. The second-order valence-electron chi connectivity index (χ2n) is 8.13. The van der Waals surface area contributed by atoms with Crippen LogP contribution < -0.4 is 14.8 Å². The van der Waals surface area contributed by atoms with Crippen LogP contribution in [-0.4, -0.2) is 64.7 Å². The Hall–Kier alpha value is -3.07. The topological polar surface area (TPSA) is 102 Å². The van der Waals surface area contributed by atoms with Gasteiger partial charge in [-0.1, -0.05) is 19.9 Å². The zero-order valence-electron chi connectivity index (χ0n) is 19.7. The molecule has 0 radical (unpaired) electrons. The van der Waals surface area contributed by atoms with Gasteiger partial charge in [0.2, 0.25) is 5.91 Å². The molecule has 0 aliphatic rings. The second-order valence-corrected chi connectivity index (χ2v) is 10.1. The Bertz CT molecular complexity index is 1050. The molecule has 0 aliphatic heterocycles. The molecule has 0 heterocycles. The smallest absolute Gasteiger partial charge is 0.251 e. The summed E-state index contributed by atoms with van der Waals surface area (Å²) in [7, 11) is -0.0719. The van der Waals surface area contributed by atoms with Crippen molar-refractivity contribution in [2.75, 3.05) is 33.6 Å². The van der Waals surface area contributed by atoms with E-state index in [9.17, 15) is 18.0 Å². The summed E-state index contributed by atoms with van der Waals surface area (Å²) in [5.74, 6) is 0.488. The zero-order chi connectivity index (χ0) is 24.6. The number of ether oxygens (including phenoxy) is 2. The van der Waals surface area contributed by atoms with Crippen LogP contribution in [0.15, 0.2) is 53.4 Å². The first kappa shape index (κ1) is 26.2. The van der Waals surface area contributed by atoms with Gasteiger partial charge in [0.1, 0.15) is 17.5 Å². The van der Waals surface area contributed by atoms with Crippen molar-refractivity contribution in [1.82, 2.24) is 10.2 Å². The average Bonchev–Trinajstić information content (AvgIpc) is 2.79. The van der Waals surface area contributed by atoms with Crippen LogP contribution in [0.25, 0.3) is 0 Å². The van der Waals surface area contributed by atoms with E-state index in [1.54, 1.807) is 55.5 Å². The van der Waals surface area contributed by atoms with Crippen LogP contribution in [0.3, 0.4) is 0 Å². The number of hydrogen-bond donors (Lipinski definition) is 1. The summed E-state index contributed by atoms with van der Waals surface area (Å²) < 4.78 is 34.1.